The SMILES string of the molecule is CC(C)(C)[Si](C)(C)OCC[C@H](NC(=O)[C@H](Cc1ccccc1)NC(=O)OCc1ccccc1)C(N)=O. The average Bonchev–Trinajstić information content (AvgIpc) is 2.82. The van der Waals surface area contributed by atoms with E-state index in [2.05, 4.69) is 44.5 Å². The summed E-state index contributed by atoms with van der Waals surface area (Å²) in [6.45, 7) is 11.0. The van der Waals surface area contributed by atoms with E-state index in [0.29, 0.717) is 6.61 Å². The molecule has 0 fully saturated rings. The van der Waals surface area contributed by atoms with Crippen LogP contribution in [0.5, 0.6) is 0 Å². The van der Waals surface area contributed by atoms with E-state index in [1.165, 1.54) is 0 Å². The van der Waals surface area contributed by atoms with E-state index < -0.39 is 38.3 Å². The fourth-order valence-electron chi connectivity index (χ4n) is 3.17. The molecule has 2 aromatic carbocycles. The molecule has 9 heteroatoms. The van der Waals surface area contributed by atoms with Gasteiger partial charge in [-0.2, -0.15) is 0 Å². The summed E-state index contributed by atoms with van der Waals surface area (Å²) in [6.07, 6.45) is -0.268. The van der Waals surface area contributed by atoms with Crippen LogP contribution in [-0.4, -0.2) is 44.9 Å². The van der Waals surface area contributed by atoms with Gasteiger partial charge in [0.1, 0.15) is 18.7 Å². The van der Waals surface area contributed by atoms with Gasteiger partial charge < -0.3 is 25.5 Å². The molecule has 2 rings (SSSR count). The Hall–Kier alpha value is -3.17. The molecule has 0 saturated heterocycles. The first kappa shape index (κ1) is 29.1. The van der Waals surface area contributed by atoms with Crippen molar-refractivity contribution in [3.63, 3.8) is 0 Å². The Bertz CT molecular complexity index is 993. The Labute approximate surface area is 215 Å². The molecule has 0 saturated carbocycles. The van der Waals surface area contributed by atoms with Gasteiger partial charge in [-0.25, -0.2) is 4.79 Å². The lowest BCUT2D eigenvalue weighted by Gasteiger charge is -2.36. The van der Waals surface area contributed by atoms with Crippen molar-refractivity contribution in [2.45, 2.75) is 70.4 Å². The molecule has 4 N–H and O–H groups in total. The van der Waals surface area contributed by atoms with Gasteiger partial charge in [-0.1, -0.05) is 81.4 Å². The van der Waals surface area contributed by atoms with Crippen LogP contribution in [0.4, 0.5) is 4.79 Å². The van der Waals surface area contributed by atoms with Crippen LogP contribution in [0.2, 0.25) is 18.1 Å². The van der Waals surface area contributed by atoms with Gasteiger partial charge in [-0.3, -0.25) is 9.59 Å². The van der Waals surface area contributed by atoms with Gasteiger partial charge in [-0.15, -0.1) is 0 Å². The molecule has 0 unspecified atom stereocenters. The van der Waals surface area contributed by atoms with Crippen molar-refractivity contribution < 1.29 is 23.5 Å². The lowest BCUT2D eigenvalue weighted by atomic mass is 10.0. The van der Waals surface area contributed by atoms with E-state index in [9.17, 15) is 14.4 Å². The van der Waals surface area contributed by atoms with Crippen molar-refractivity contribution in [2.75, 3.05) is 6.61 Å². The molecule has 2 aromatic rings. The lowest BCUT2D eigenvalue weighted by Crippen LogP contribution is -2.54. The van der Waals surface area contributed by atoms with E-state index in [4.69, 9.17) is 14.9 Å². The summed E-state index contributed by atoms with van der Waals surface area (Å²) in [5, 5.41) is 5.34. The number of carbonyl (C=O) groups excluding carboxylic acids is 3. The molecular weight excluding hydrogens is 474 g/mol. The van der Waals surface area contributed by atoms with Crippen molar-refractivity contribution in [2.24, 2.45) is 5.73 Å². The Balaban J connectivity index is 2.04. The highest BCUT2D eigenvalue weighted by molar-refractivity contribution is 6.74. The van der Waals surface area contributed by atoms with Crippen LogP contribution in [0.1, 0.15) is 38.3 Å². The van der Waals surface area contributed by atoms with Gasteiger partial charge in [0.05, 0.1) is 0 Å². The Morgan fingerprint density at radius 2 is 1.44 bits per heavy atom. The number of amides is 3. The minimum absolute atomic E-state index is 0.0171. The standard InChI is InChI=1S/C27H39N3O5Si/c1-27(2,3)36(4,5)35-17-16-22(24(28)31)29-25(32)23(18-20-12-8-6-9-13-20)30-26(33)34-19-21-14-10-7-11-15-21/h6-15,22-23H,16-19H2,1-5H3,(H2,28,31)(H,29,32)(H,30,33)/t22-,23-/m0/s1. The molecule has 0 aliphatic carbocycles. The van der Waals surface area contributed by atoms with Crippen LogP contribution in [0, 0.1) is 0 Å². The number of alkyl carbamates (subject to hydrolysis) is 1. The van der Waals surface area contributed by atoms with Gasteiger partial charge in [-0.05, 0) is 35.7 Å². The largest absolute Gasteiger partial charge is 0.445 e. The van der Waals surface area contributed by atoms with Crippen molar-refractivity contribution in [3.8, 4) is 0 Å². The molecule has 196 valence electrons. The monoisotopic (exact) mass is 513 g/mol. The zero-order valence-corrected chi connectivity index (χ0v) is 22.9. The highest BCUT2D eigenvalue weighted by Crippen LogP contribution is 2.36. The molecule has 2 atom stereocenters. The molecule has 0 spiro atoms. The summed E-state index contributed by atoms with van der Waals surface area (Å²) in [5.41, 5.74) is 7.25. The maximum atomic E-state index is 13.2. The van der Waals surface area contributed by atoms with Gasteiger partial charge in [0.15, 0.2) is 8.32 Å². The third kappa shape index (κ3) is 9.47. The second-order valence-corrected chi connectivity index (χ2v) is 15.1. The normalized spacial score (nSPS) is 13.4. The number of primary amides is 1. The minimum atomic E-state index is -2.02. The van der Waals surface area contributed by atoms with Gasteiger partial charge >= 0.3 is 6.09 Å². The second-order valence-electron chi connectivity index (χ2n) is 10.3. The highest BCUT2D eigenvalue weighted by atomic mass is 28.4. The van der Waals surface area contributed by atoms with Crippen LogP contribution in [0.25, 0.3) is 0 Å². The summed E-state index contributed by atoms with van der Waals surface area (Å²) in [7, 11) is -2.02. The van der Waals surface area contributed by atoms with Crippen molar-refractivity contribution in [1.29, 1.82) is 0 Å². The smallest absolute Gasteiger partial charge is 0.408 e. The number of nitrogens with one attached hydrogen (secondary N) is 2. The molecule has 0 aromatic heterocycles. The van der Waals surface area contributed by atoms with Gasteiger partial charge in [0.2, 0.25) is 11.8 Å². The predicted molar refractivity (Wildman–Crippen MR) is 143 cm³/mol. The number of nitrogens with two attached hydrogens (primary N) is 1. The number of carbonyl (C=O) groups is 3. The third-order valence-corrected chi connectivity index (χ3v) is 11.0. The quantitative estimate of drug-likeness (QED) is 0.372. The molecule has 0 aliphatic heterocycles. The van der Waals surface area contributed by atoms with Gasteiger partial charge in [0, 0.05) is 13.0 Å². The van der Waals surface area contributed by atoms with Crippen molar-refractivity contribution in [3.05, 3.63) is 71.8 Å². The first-order valence-electron chi connectivity index (χ1n) is 12.1. The Morgan fingerprint density at radius 1 is 0.889 bits per heavy atom. The van der Waals surface area contributed by atoms with Crippen molar-refractivity contribution in [1.82, 2.24) is 10.6 Å². The third-order valence-electron chi connectivity index (χ3n) is 6.44. The fraction of sp³-hybridized carbons (Fsp3) is 0.444. The minimum Gasteiger partial charge on any atom is -0.445 e. The molecule has 0 aliphatic rings. The summed E-state index contributed by atoms with van der Waals surface area (Å²) >= 11 is 0. The zero-order chi connectivity index (χ0) is 26.8. The summed E-state index contributed by atoms with van der Waals surface area (Å²) < 4.78 is 11.4. The van der Waals surface area contributed by atoms with Crippen LogP contribution in [-0.2, 0) is 31.8 Å². The van der Waals surface area contributed by atoms with E-state index in [1.807, 2.05) is 60.7 Å². The number of rotatable bonds is 12. The van der Waals surface area contributed by atoms with Gasteiger partial charge in [0.25, 0.3) is 0 Å². The summed E-state index contributed by atoms with van der Waals surface area (Å²) in [4.78, 5) is 37.8. The number of hydrogen-bond acceptors (Lipinski definition) is 5. The number of hydrogen-bond donors (Lipinski definition) is 3. The molecule has 36 heavy (non-hydrogen) atoms. The Morgan fingerprint density at radius 3 is 1.97 bits per heavy atom. The number of benzene rings is 2. The van der Waals surface area contributed by atoms with Crippen LogP contribution >= 0.6 is 0 Å². The summed E-state index contributed by atoms with van der Waals surface area (Å²) in [6, 6.07) is 16.6. The van der Waals surface area contributed by atoms with E-state index in [-0.39, 0.29) is 24.5 Å². The first-order chi connectivity index (χ1) is 16.9. The van der Waals surface area contributed by atoms with Crippen LogP contribution in [0.3, 0.4) is 0 Å². The molecular formula is C27H39N3O5Si. The van der Waals surface area contributed by atoms with Crippen LogP contribution in [0.15, 0.2) is 60.7 Å². The van der Waals surface area contributed by atoms with E-state index >= 15 is 0 Å². The molecule has 8 nitrogen and oxygen atoms in total. The second kappa shape index (κ2) is 13.2. The predicted octanol–water partition coefficient (Wildman–Crippen LogP) is 3.91. The van der Waals surface area contributed by atoms with Crippen LogP contribution < -0.4 is 16.4 Å². The van der Waals surface area contributed by atoms with E-state index in [0.717, 1.165) is 11.1 Å². The molecule has 0 bridgehead atoms. The zero-order valence-electron chi connectivity index (χ0n) is 21.9. The topological polar surface area (TPSA) is 120 Å². The lowest BCUT2D eigenvalue weighted by molar-refractivity contribution is -0.128. The van der Waals surface area contributed by atoms with E-state index in [1.54, 1.807) is 0 Å². The van der Waals surface area contributed by atoms with Crippen molar-refractivity contribution >= 4 is 26.2 Å². The number of ether oxygens (including phenoxy) is 1. The first-order valence-corrected chi connectivity index (χ1v) is 15.0. The Kier molecular flexibility index (Phi) is 10.7. The average molecular weight is 514 g/mol. The maximum absolute atomic E-state index is 13.2. The summed E-state index contributed by atoms with van der Waals surface area (Å²) in [5.74, 6) is -1.18. The maximum Gasteiger partial charge on any atom is 0.408 e. The highest BCUT2D eigenvalue weighted by Gasteiger charge is 2.37. The molecule has 3 amide bonds. The molecule has 0 heterocycles. The molecule has 0 radical (unpaired) electrons. The fourth-order valence-corrected chi connectivity index (χ4v) is 4.23.